The first-order chi connectivity index (χ1) is 21.0. The summed E-state index contributed by atoms with van der Waals surface area (Å²) in [6.45, 7) is 4.29. The Labute approximate surface area is 267 Å². The molecule has 1 aliphatic carbocycles. The third-order valence-corrected chi connectivity index (χ3v) is 8.17. The molecule has 2 unspecified atom stereocenters. The number of nitrogens with one attached hydrogen (secondary N) is 4. The first-order valence-electron chi connectivity index (χ1n) is 15.0. The summed E-state index contributed by atoms with van der Waals surface area (Å²) in [4.78, 5) is 51.9. The Morgan fingerprint density at radius 3 is 2.32 bits per heavy atom. The number of alkyl carbamates (subject to hydrolysis) is 1. The quantitative estimate of drug-likeness (QED) is 0.209. The first-order valence-corrected chi connectivity index (χ1v) is 15.8. The smallest absolute Gasteiger partial charge is 0.408 e. The van der Waals surface area contributed by atoms with E-state index in [9.17, 15) is 24.3 Å². The van der Waals surface area contributed by atoms with Crippen LogP contribution in [0.3, 0.4) is 0 Å². The van der Waals surface area contributed by atoms with Gasteiger partial charge in [-0.1, -0.05) is 61.3 Å². The number of carbonyl (C=O) groups excluding carboxylic acids is 4. The fourth-order valence-electron chi connectivity index (χ4n) is 5.24. The fourth-order valence-corrected chi connectivity index (χ4v) is 5.66. The number of aliphatic hydroxyl groups excluding tert-OH is 1. The minimum absolute atomic E-state index is 0.00314. The maximum absolute atomic E-state index is 13.6. The minimum Gasteiger partial charge on any atom is -0.441 e. The average molecular weight is 648 g/mol. The SMILES string of the molecule is CC(C)C[C@H](NC(=O)OC(Cc1cccc(Cl)c1)c1cccc(Cl)c1)C(=O)N[C@@H](C[C@@H]1CCNC1=O)C(O)C(=O)NC1CC1. The van der Waals surface area contributed by atoms with Crippen LogP contribution in [0.1, 0.15) is 63.2 Å². The maximum atomic E-state index is 13.6. The Morgan fingerprint density at radius 2 is 1.70 bits per heavy atom. The van der Waals surface area contributed by atoms with Gasteiger partial charge < -0.3 is 31.1 Å². The number of hydrogen-bond donors (Lipinski definition) is 5. The van der Waals surface area contributed by atoms with Crippen LogP contribution in [0.15, 0.2) is 48.5 Å². The number of aliphatic hydroxyl groups is 1. The molecule has 12 heteroatoms. The van der Waals surface area contributed by atoms with Gasteiger partial charge in [-0.3, -0.25) is 14.4 Å². The minimum atomic E-state index is -1.57. The zero-order chi connectivity index (χ0) is 31.8. The van der Waals surface area contributed by atoms with Gasteiger partial charge in [0, 0.05) is 35.0 Å². The number of amides is 4. The second kappa shape index (κ2) is 15.6. The van der Waals surface area contributed by atoms with Crippen LogP contribution in [0.2, 0.25) is 10.0 Å². The summed E-state index contributed by atoms with van der Waals surface area (Å²) in [7, 11) is 0. The number of benzene rings is 2. The van der Waals surface area contributed by atoms with E-state index < -0.39 is 48.1 Å². The van der Waals surface area contributed by atoms with Gasteiger partial charge in [-0.2, -0.15) is 0 Å². The van der Waals surface area contributed by atoms with Crippen LogP contribution in [0.4, 0.5) is 4.79 Å². The standard InChI is InChI=1S/C32H40Cl2N4O6/c1-18(2)13-26(30(41)37-25(17-21-11-12-35-29(21)40)28(39)31(42)36-24-9-10-24)38-32(43)44-27(20-6-4-8-23(34)16-20)15-19-5-3-7-22(33)14-19/h3-8,14,16,18,21,24-28,39H,9-13,15,17H2,1-2H3,(H,35,40)(H,36,42)(H,37,41)(H,38,43)/t21-,25-,26-,27?,28?/m0/s1. The second-order valence-electron chi connectivity index (χ2n) is 12.0. The van der Waals surface area contributed by atoms with Crippen LogP contribution in [-0.4, -0.2) is 59.7 Å². The van der Waals surface area contributed by atoms with Crippen LogP contribution in [0.5, 0.6) is 0 Å². The molecule has 1 saturated heterocycles. The molecule has 4 amide bonds. The molecule has 1 heterocycles. The average Bonchev–Trinajstić information content (AvgIpc) is 3.69. The number of rotatable bonds is 14. The van der Waals surface area contributed by atoms with Gasteiger partial charge >= 0.3 is 6.09 Å². The molecule has 238 valence electrons. The molecule has 0 aromatic heterocycles. The van der Waals surface area contributed by atoms with E-state index in [1.54, 1.807) is 42.5 Å². The van der Waals surface area contributed by atoms with E-state index in [0.29, 0.717) is 35.0 Å². The topological polar surface area (TPSA) is 146 Å². The molecule has 5 N–H and O–H groups in total. The molecular formula is C32H40Cl2N4O6. The second-order valence-corrected chi connectivity index (χ2v) is 12.8. The summed E-state index contributed by atoms with van der Waals surface area (Å²) < 4.78 is 5.86. The zero-order valence-corrected chi connectivity index (χ0v) is 26.4. The van der Waals surface area contributed by atoms with Crippen molar-refractivity contribution >= 4 is 47.0 Å². The number of carbonyl (C=O) groups is 4. The van der Waals surface area contributed by atoms with Gasteiger partial charge in [-0.15, -0.1) is 0 Å². The highest BCUT2D eigenvalue weighted by atomic mass is 35.5. The molecule has 0 spiro atoms. The lowest BCUT2D eigenvalue weighted by atomic mass is 9.93. The molecular weight excluding hydrogens is 607 g/mol. The van der Waals surface area contributed by atoms with E-state index in [0.717, 1.165) is 18.4 Å². The highest BCUT2D eigenvalue weighted by molar-refractivity contribution is 6.30. The largest absolute Gasteiger partial charge is 0.441 e. The Bertz CT molecular complexity index is 1340. The van der Waals surface area contributed by atoms with Crippen LogP contribution >= 0.6 is 23.2 Å². The molecule has 10 nitrogen and oxygen atoms in total. The van der Waals surface area contributed by atoms with Crippen molar-refractivity contribution in [3.05, 3.63) is 69.7 Å². The van der Waals surface area contributed by atoms with Gasteiger partial charge in [0.15, 0.2) is 6.10 Å². The van der Waals surface area contributed by atoms with E-state index >= 15 is 0 Å². The van der Waals surface area contributed by atoms with Crippen molar-refractivity contribution in [1.29, 1.82) is 0 Å². The normalized spacial score (nSPS) is 19.0. The Balaban J connectivity index is 1.48. The highest BCUT2D eigenvalue weighted by Crippen LogP contribution is 2.27. The van der Waals surface area contributed by atoms with Crippen molar-refractivity contribution in [2.45, 2.75) is 82.7 Å². The lowest BCUT2D eigenvalue weighted by molar-refractivity contribution is -0.134. The van der Waals surface area contributed by atoms with Gasteiger partial charge in [0.05, 0.1) is 6.04 Å². The Hall–Kier alpha value is -3.34. The third kappa shape index (κ3) is 10.1. The molecule has 5 atom stereocenters. The molecule has 2 aliphatic rings. The summed E-state index contributed by atoms with van der Waals surface area (Å²) in [6.07, 6.45) is -0.294. The van der Waals surface area contributed by atoms with E-state index in [2.05, 4.69) is 21.3 Å². The van der Waals surface area contributed by atoms with Crippen molar-refractivity contribution in [3.63, 3.8) is 0 Å². The Kier molecular flexibility index (Phi) is 11.9. The summed E-state index contributed by atoms with van der Waals surface area (Å²) in [5.41, 5.74) is 1.50. The van der Waals surface area contributed by atoms with Crippen molar-refractivity contribution < 1.29 is 29.0 Å². The van der Waals surface area contributed by atoms with Crippen LogP contribution < -0.4 is 21.3 Å². The number of hydrogen-bond acceptors (Lipinski definition) is 6. The van der Waals surface area contributed by atoms with Crippen LogP contribution in [0, 0.1) is 11.8 Å². The van der Waals surface area contributed by atoms with Crippen molar-refractivity contribution in [1.82, 2.24) is 21.3 Å². The van der Waals surface area contributed by atoms with Gasteiger partial charge in [-0.05, 0) is 73.4 Å². The number of ether oxygens (including phenoxy) is 1. The predicted molar refractivity (Wildman–Crippen MR) is 167 cm³/mol. The molecule has 0 bridgehead atoms. The molecule has 44 heavy (non-hydrogen) atoms. The van der Waals surface area contributed by atoms with E-state index in [1.165, 1.54) is 0 Å². The monoisotopic (exact) mass is 646 g/mol. The van der Waals surface area contributed by atoms with Gasteiger partial charge in [0.2, 0.25) is 11.8 Å². The molecule has 1 saturated carbocycles. The third-order valence-electron chi connectivity index (χ3n) is 7.70. The summed E-state index contributed by atoms with van der Waals surface area (Å²) >= 11 is 12.4. The van der Waals surface area contributed by atoms with Crippen LogP contribution in [0.25, 0.3) is 0 Å². The van der Waals surface area contributed by atoms with Gasteiger partial charge in [-0.25, -0.2) is 4.79 Å². The molecule has 0 radical (unpaired) electrons. The number of halogens is 2. The van der Waals surface area contributed by atoms with Crippen molar-refractivity contribution in [2.24, 2.45) is 11.8 Å². The van der Waals surface area contributed by atoms with Crippen LogP contribution in [-0.2, 0) is 25.5 Å². The van der Waals surface area contributed by atoms with Crippen molar-refractivity contribution in [2.75, 3.05) is 6.54 Å². The molecule has 2 aromatic rings. The molecule has 4 rings (SSSR count). The van der Waals surface area contributed by atoms with Crippen molar-refractivity contribution in [3.8, 4) is 0 Å². The predicted octanol–water partition coefficient (Wildman–Crippen LogP) is 4.07. The Morgan fingerprint density at radius 1 is 1.00 bits per heavy atom. The lowest BCUT2D eigenvalue weighted by Gasteiger charge is -2.28. The molecule has 2 fully saturated rings. The summed E-state index contributed by atoms with van der Waals surface area (Å²) in [5, 5.41) is 22.9. The molecule has 1 aliphatic heterocycles. The van der Waals surface area contributed by atoms with E-state index in [1.807, 2.05) is 19.9 Å². The van der Waals surface area contributed by atoms with Gasteiger partial charge in [0.1, 0.15) is 12.1 Å². The highest BCUT2D eigenvalue weighted by Gasteiger charge is 2.37. The van der Waals surface area contributed by atoms with E-state index in [4.69, 9.17) is 27.9 Å². The zero-order valence-electron chi connectivity index (χ0n) is 24.9. The fraction of sp³-hybridized carbons (Fsp3) is 0.500. The van der Waals surface area contributed by atoms with Gasteiger partial charge in [0.25, 0.3) is 5.91 Å². The molecule has 2 aromatic carbocycles. The summed E-state index contributed by atoms with van der Waals surface area (Å²) in [6, 6.07) is 12.1. The lowest BCUT2D eigenvalue weighted by Crippen LogP contribution is -2.56. The summed E-state index contributed by atoms with van der Waals surface area (Å²) in [5.74, 6) is -1.84. The van der Waals surface area contributed by atoms with E-state index in [-0.39, 0.29) is 30.7 Å². The maximum Gasteiger partial charge on any atom is 0.408 e. The first kappa shape index (κ1) is 33.6.